The van der Waals surface area contributed by atoms with Crippen LogP contribution in [0.4, 0.5) is 11.6 Å². The van der Waals surface area contributed by atoms with Crippen LogP contribution in [0.3, 0.4) is 0 Å². The zero-order valence-corrected chi connectivity index (χ0v) is 10.9. The summed E-state index contributed by atoms with van der Waals surface area (Å²) in [5.74, 6) is 2.58. The number of hydrogen-bond acceptors (Lipinski definition) is 5. The second-order valence-corrected chi connectivity index (χ2v) is 4.45. The molecule has 0 radical (unpaired) electrons. The van der Waals surface area contributed by atoms with Gasteiger partial charge in [0.2, 0.25) is 0 Å². The summed E-state index contributed by atoms with van der Waals surface area (Å²) in [4.78, 5) is 11.0. The van der Waals surface area contributed by atoms with Gasteiger partial charge >= 0.3 is 0 Å². The molecular weight excluding hydrogens is 216 g/mol. The van der Waals surface area contributed by atoms with Gasteiger partial charge in [0.1, 0.15) is 17.5 Å². The molecule has 17 heavy (non-hydrogen) atoms. The smallest absolute Gasteiger partial charge is 0.134 e. The molecule has 1 N–H and O–H groups in total. The van der Waals surface area contributed by atoms with Crippen molar-refractivity contribution in [3.8, 4) is 0 Å². The van der Waals surface area contributed by atoms with E-state index in [2.05, 4.69) is 34.2 Å². The van der Waals surface area contributed by atoms with Gasteiger partial charge in [-0.1, -0.05) is 0 Å². The van der Waals surface area contributed by atoms with E-state index >= 15 is 0 Å². The molecule has 0 amide bonds. The molecule has 0 aromatic carbocycles. The number of rotatable bonds is 3. The Bertz CT molecular complexity index is 396. The number of nitrogens with zero attached hydrogens (tertiary/aromatic N) is 3. The maximum atomic E-state index is 5.59. The Morgan fingerprint density at radius 1 is 1.47 bits per heavy atom. The van der Waals surface area contributed by atoms with Gasteiger partial charge in [0.05, 0.1) is 12.1 Å². The lowest BCUT2D eigenvalue weighted by atomic mass is 10.1. The highest BCUT2D eigenvalue weighted by Crippen LogP contribution is 2.24. The topological polar surface area (TPSA) is 50.3 Å². The van der Waals surface area contributed by atoms with Crippen molar-refractivity contribution in [2.45, 2.75) is 32.4 Å². The number of aromatic nitrogens is 2. The first kappa shape index (κ1) is 12.1. The lowest BCUT2D eigenvalue weighted by Gasteiger charge is -2.28. The summed E-state index contributed by atoms with van der Waals surface area (Å²) in [5, 5.41) is 3.06. The quantitative estimate of drug-likeness (QED) is 0.860. The van der Waals surface area contributed by atoms with Crippen LogP contribution in [0, 0.1) is 6.92 Å². The third kappa shape index (κ3) is 2.49. The van der Waals surface area contributed by atoms with Gasteiger partial charge in [-0.25, -0.2) is 9.97 Å². The molecule has 1 aromatic heterocycles. The Hall–Kier alpha value is -1.36. The minimum Gasteiger partial charge on any atom is -0.376 e. The fraction of sp³-hybridized carbons (Fsp3) is 0.667. The van der Waals surface area contributed by atoms with E-state index in [0.717, 1.165) is 30.5 Å². The first-order valence-corrected chi connectivity index (χ1v) is 5.99. The predicted octanol–water partition coefficient (Wildman–Crippen LogP) is 1.44. The highest BCUT2D eigenvalue weighted by molar-refractivity contribution is 5.49. The molecule has 1 fully saturated rings. The highest BCUT2D eigenvalue weighted by atomic mass is 16.5. The predicted molar refractivity (Wildman–Crippen MR) is 68.5 cm³/mol. The number of likely N-dealkylation sites (N-methyl/N-ethyl adjacent to an activating group) is 1. The van der Waals surface area contributed by atoms with E-state index in [1.807, 2.05) is 20.0 Å². The fourth-order valence-electron chi connectivity index (χ4n) is 2.26. The van der Waals surface area contributed by atoms with Crippen molar-refractivity contribution in [2.24, 2.45) is 0 Å². The van der Waals surface area contributed by atoms with Crippen LogP contribution < -0.4 is 10.2 Å². The van der Waals surface area contributed by atoms with E-state index in [1.54, 1.807) is 0 Å². The molecule has 5 nitrogen and oxygen atoms in total. The summed E-state index contributed by atoms with van der Waals surface area (Å²) >= 11 is 0. The first-order chi connectivity index (χ1) is 8.11. The third-order valence-corrected chi connectivity index (χ3v) is 3.28. The van der Waals surface area contributed by atoms with Crippen LogP contribution in [-0.4, -0.2) is 42.8 Å². The summed E-state index contributed by atoms with van der Waals surface area (Å²) in [5.41, 5.74) is 0. The lowest BCUT2D eigenvalue weighted by molar-refractivity contribution is 0.118. The normalized spacial score (nSPS) is 23.8. The minimum absolute atomic E-state index is 0.258. The molecule has 2 rings (SSSR count). The second kappa shape index (κ2) is 4.87. The standard InChI is InChI=1S/C12H20N4O/c1-8-10(5-6-17-8)16(4)12-7-11(13-3)14-9(2)15-12/h7-8,10H,5-6H2,1-4H3,(H,13,14,15). The van der Waals surface area contributed by atoms with Crippen molar-refractivity contribution in [3.05, 3.63) is 11.9 Å². The van der Waals surface area contributed by atoms with E-state index in [4.69, 9.17) is 4.74 Å². The molecule has 2 unspecified atom stereocenters. The lowest BCUT2D eigenvalue weighted by Crippen LogP contribution is -2.37. The average molecular weight is 236 g/mol. The van der Waals surface area contributed by atoms with Crippen LogP contribution in [0.1, 0.15) is 19.2 Å². The number of aryl methyl sites for hydroxylation is 1. The third-order valence-electron chi connectivity index (χ3n) is 3.28. The van der Waals surface area contributed by atoms with Crippen LogP contribution in [0.25, 0.3) is 0 Å². The van der Waals surface area contributed by atoms with E-state index in [-0.39, 0.29) is 6.10 Å². The highest BCUT2D eigenvalue weighted by Gasteiger charge is 2.28. The molecule has 94 valence electrons. The van der Waals surface area contributed by atoms with Crippen LogP contribution in [0.5, 0.6) is 0 Å². The summed E-state index contributed by atoms with van der Waals surface area (Å²) in [6.07, 6.45) is 1.31. The molecule has 0 bridgehead atoms. The summed E-state index contributed by atoms with van der Waals surface area (Å²) in [7, 11) is 3.93. The molecule has 0 saturated carbocycles. The van der Waals surface area contributed by atoms with Crippen molar-refractivity contribution < 1.29 is 4.74 Å². The first-order valence-electron chi connectivity index (χ1n) is 5.99. The van der Waals surface area contributed by atoms with E-state index < -0.39 is 0 Å². The van der Waals surface area contributed by atoms with Crippen molar-refractivity contribution in [3.63, 3.8) is 0 Å². The zero-order valence-electron chi connectivity index (χ0n) is 10.9. The molecule has 0 aliphatic carbocycles. The van der Waals surface area contributed by atoms with Gasteiger partial charge in [0, 0.05) is 26.8 Å². The zero-order chi connectivity index (χ0) is 12.4. The molecule has 0 spiro atoms. The Kier molecular flexibility index (Phi) is 3.47. The van der Waals surface area contributed by atoms with E-state index in [1.165, 1.54) is 0 Å². The van der Waals surface area contributed by atoms with Gasteiger partial charge in [-0.3, -0.25) is 0 Å². The number of anilines is 2. The van der Waals surface area contributed by atoms with Crippen molar-refractivity contribution in [1.29, 1.82) is 0 Å². The van der Waals surface area contributed by atoms with Gasteiger partial charge in [0.25, 0.3) is 0 Å². The van der Waals surface area contributed by atoms with Crippen LogP contribution >= 0.6 is 0 Å². The SMILES string of the molecule is CNc1cc(N(C)C2CCOC2C)nc(C)n1. The summed E-state index contributed by atoms with van der Waals surface area (Å²) in [6.45, 7) is 4.85. The molecule has 2 heterocycles. The van der Waals surface area contributed by atoms with Crippen molar-refractivity contribution in [1.82, 2.24) is 9.97 Å². The van der Waals surface area contributed by atoms with Gasteiger partial charge in [-0.05, 0) is 20.3 Å². The van der Waals surface area contributed by atoms with Gasteiger partial charge in [0.15, 0.2) is 0 Å². The van der Waals surface area contributed by atoms with E-state index in [9.17, 15) is 0 Å². The average Bonchev–Trinajstić information content (AvgIpc) is 2.73. The van der Waals surface area contributed by atoms with Crippen LogP contribution in [0.15, 0.2) is 6.07 Å². The molecule has 5 heteroatoms. The molecular formula is C12H20N4O. The monoisotopic (exact) mass is 236 g/mol. The molecule has 1 aliphatic heterocycles. The fourth-order valence-corrected chi connectivity index (χ4v) is 2.26. The number of ether oxygens (including phenoxy) is 1. The largest absolute Gasteiger partial charge is 0.376 e. The molecule has 1 aliphatic rings. The molecule has 1 aromatic rings. The summed E-state index contributed by atoms with van der Waals surface area (Å²) < 4.78 is 5.59. The Morgan fingerprint density at radius 3 is 2.82 bits per heavy atom. The van der Waals surface area contributed by atoms with E-state index in [0.29, 0.717) is 6.04 Å². The Labute approximate surface area is 102 Å². The number of hydrogen-bond donors (Lipinski definition) is 1. The maximum absolute atomic E-state index is 5.59. The number of nitrogens with one attached hydrogen (secondary N) is 1. The van der Waals surface area contributed by atoms with Gasteiger partial charge in [-0.15, -0.1) is 0 Å². The van der Waals surface area contributed by atoms with Gasteiger partial charge < -0.3 is 15.0 Å². The van der Waals surface area contributed by atoms with Crippen LogP contribution in [-0.2, 0) is 4.74 Å². The van der Waals surface area contributed by atoms with Crippen molar-refractivity contribution >= 4 is 11.6 Å². The molecule has 2 atom stereocenters. The summed E-state index contributed by atoms with van der Waals surface area (Å²) in [6, 6.07) is 2.37. The van der Waals surface area contributed by atoms with Crippen molar-refractivity contribution in [2.75, 3.05) is 30.9 Å². The Morgan fingerprint density at radius 2 is 2.24 bits per heavy atom. The van der Waals surface area contributed by atoms with Crippen LogP contribution in [0.2, 0.25) is 0 Å². The molecule has 1 saturated heterocycles. The van der Waals surface area contributed by atoms with Gasteiger partial charge in [-0.2, -0.15) is 0 Å². The Balaban J connectivity index is 2.23. The maximum Gasteiger partial charge on any atom is 0.134 e. The second-order valence-electron chi connectivity index (χ2n) is 4.45. The minimum atomic E-state index is 0.258.